The number of piperidine rings is 1. The fraction of sp³-hybridized carbons (Fsp3) is 0.556. The number of carboxylic acid groups (broad SMARTS) is 1. The van der Waals surface area contributed by atoms with Gasteiger partial charge in [-0.05, 0) is 80.4 Å². The number of benzene rings is 2. The number of nitrogens with zero attached hydrogens (tertiary/aromatic N) is 2. The summed E-state index contributed by atoms with van der Waals surface area (Å²) >= 11 is 0. The Bertz CT molecular complexity index is 1040. The van der Waals surface area contributed by atoms with Crippen molar-refractivity contribution in [3.8, 4) is 11.8 Å². The normalized spacial score (nSPS) is 30.2. The maximum absolute atomic E-state index is 11.5. The molecule has 0 radical (unpaired) electrons. The van der Waals surface area contributed by atoms with Gasteiger partial charge in [-0.2, -0.15) is 5.26 Å². The molecule has 32 heavy (non-hydrogen) atoms. The van der Waals surface area contributed by atoms with Crippen LogP contribution in [0, 0.1) is 23.2 Å². The molecule has 2 bridgehead atoms. The summed E-state index contributed by atoms with van der Waals surface area (Å²) in [5.74, 6) is 0.623. The lowest BCUT2D eigenvalue weighted by Crippen LogP contribution is -2.44. The Morgan fingerprint density at radius 3 is 2.44 bits per heavy atom. The molecule has 5 rings (SSSR count). The van der Waals surface area contributed by atoms with Gasteiger partial charge < -0.3 is 9.84 Å². The quantitative estimate of drug-likeness (QED) is 0.676. The maximum Gasteiger partial charge on any atom is 0.306 e. The molecule has 1 aliphatic carbocycles. The van der Waals surface area contributed by atoms with Gasteiger partial charge in [-0.15, -0.1) is 0 Å². The second kappa shape index (κ2) is 8.75. The number of nitriles is 1. The van der Waals surface area contributed by atoms with Crippen molar-refractivity contribution in [1.29, 1.82) is 5.26 Å². The second-order valence-corrected chi connectivity index (χ2v) is 10.2. The lowest BCUT2D eigenvalue weighted by molar-refractivity contribution is -0.144. The van der Waals surface area contributed by atoms with Crippen molar-refractivity contribution in [2.24, 2.45) is 11.8 Å². The SMILES string of the molecule is CC1CCC(Oc2ccc3ccc(CN4C5CCC4CC(C(=O)O)C5)cc3c2C#N)CC1. The van der Waals surface area contributed by atoms with E-state index in [1.165, 1.54) is 18.4 Å². The highest BCUT2D eigenvalue weighted by Gasteiger charge is 2.42. The van der Waals surface area contributed by atoms with Crippen LogP contribution in [0.25, 0.3) is 10.8 Å². The summed E-state index contributed by atoms with van der Waals surface area (Å²) in [5, 5.41) is 21.4. The van der Waals surface area contributed by atoms with Crippen molar-refractivity contribution in [1.82, 2.24) is 4.90 Å². The van der Waals surface area contributed by atoms with Crippen LogP contribution in [0.3, 0.4) is 0 Å². The predicted octanol–water partition coefficient (Wildman–Crippen LogP) is 5.50. The van der Waals surface area contributed by atoms with Gasteiger partial charge in [0.05, 0.1) is 12.0 Å². The van der Waals surface area contributed by atoms with Crippen LogP contribution in [-0.4, -0.2) is 34.2 Å². The summed E-state index contributed by atoms with van der Waals surface area (Å²) < 4.78 is 6.31. The minimum absolute atomic E-state index is 0.199. The van der Waals surface area contributed by atoms with E-state index in [4.69, 9.17) is 4.74 Å². The first-order valence-corrected chi connectivity index (χ1v) is 12.1. The van der Waals surface area contributed by atoms with Gasteiger partial charge in [0.1, 0.15) is 17.4 Å². The van der Waals surface area contributed by atoms with E-state index in [2.05, 4.69) is 42.2 Å². The number of hydrogen-bond donors (Lipinski definition) is 1. The molecule has 0 spiro atoms. The van der Waals surface area contributed by atoms with Crippen molar-refractivity contribution >= 4 is 16.7 Å². The van der Waals surface area contributed by atoms with Gasteiger partial charge in [-0.3, -0.25) is 9.69 Å². The highest BCUT2D eigenvalue weighted by Crippen LogP contribution is 2.40. The van der Waals surface area contributed by atoms with Gasteiger partial charge in [0.15, 0.2) is 0 Å². The topological polar surface area (TPSA) is 73.6 Å². The smallest absolute Gasteiger partial charge is 0.306 e. The number of rotatable bonds is 5. The molecule has 0 amide bonds. The molecule has 2 unspecified atom stereocenters. The zero-order chi connectivity index (χ0) is 22.2. The molecule has 1 saturated carbocycles. The highest BCUT2D eigenvalue weighted by atomic mass is 16.5. The van der Waals surface area contributed by atoms with E-state index < -0.39 is 5.97 Å². The summed E-state index contributed by atoms with van der Waals surface area (Å²) in [6.45, 7) is 3.11. The number of carboxylic acids is 1. The van der Waals surface area contributed by atoms with Crippen LogP contribution >= 0.6 is 0 Å². The number of ether oxygens (including phenoxy) is 1. The molecule has 5 heteroatoms. The molecule has 2 aromatic carbocycles. The third-order valence-corrected chi connectivity index (χ3v) is 8.01. The Kier molecular flexibility index (Phi) is 5.82. The summed E-state index contributed by atoms with van der Waals surface area (Å²) in [5.41, 5.74) is 1.82. The van der Waals surface area contributed by atoms with Crippen molar-refractivity contribution < 1.29 is 14.6 Å². The average molecular weight is 433 g/mol. The molecule has 1 N–H and O–H groups in total. The van der Waals surface area contributed by atoms with Crippen LogP contribution in [0.4, 0.5) is 0 Å². The van der Waals surface area contributed by atoms with Gasteiger partial charge in [0.2, 0.25) is 0 Å². The molecule has 3 fully saturated rings. The summed E-state index contributed by atoms with van der Waals surface area (Å²) in [4.78, 5) is 14.0. The number of carbonyl (C=O) groups is 1. The lowest BCUT2D eigenvalue weighted by Gasteiger charge is -2.37. The Morgan fingerprint density at radius 1 is 1.09 bits per heavy atom. The zero-order valence-corrected chi connectivity index (χ0v) is 18.8. The number of fused-ring (bicyclic) bond motifs is 3. The Labute approximate surface area is 190 Å². The van der Waals surface area contributed by atoms with E-state index in [0.717, 1.165) is 61.8 Å². The molecular weight excluding hydrogens is 400 g/mol. The third kappa shape index (κ3) is 4.09. The van der Waals surface area contributed by atoms with Crippen LogP contribution in [0.5, 0.6) is 5.75 Å². The van der Waals surface area contributed by atoms with E-state index in [1.54, 1.807) is 0 Å². The van der Waals surface area contributed by atoms with Crippen LogP contribution in [0.15, 0.2) is 30.3 Å². The third-order valence-electron chi connectivity index (χ3n) is 8.01. The molecule has 2 aliphatic heterocycles. The van der Waals surface area contributed by atoms with Gasteiger partial charge >= 0.3 is 5.97 Å². The minimum atomic E-state index is -0.647. The predicted molar refractivity (Wildman–Crippen MR) is 123 cm³/mol. The first-order valence-electron chi connectivity index (χ1n) is 12.1. The standard InChI is InChI=1S/C27H32N2O3/c1-17-2-9-23(10-3-17)32-26-11-6-19-5-4-18(12-24(19)25(26)15-28)16-29-21-7-8-22(29)14-20(13-21)27(30)31/h4-6,11-12,17,20-23H,2-3,7-10,13-14,16H2,1H3,(H,30,31). The van der Waals surface area contributed by atoms with E-state index in [9.17, 15) is 15.2 Å². The van der Waals surface area contributed by atoms with Crippen molar-refractivity contribution in [3.63, 3.8) is 0 Å². The van der Waals surface area contributed by atoms with Crippen molar-refractivity contribution in [2.75, 3.05) is 0 Å². The fourth-order valence-electron chi connectivity index (χ4n) is 6.13. The Hall–Kier alpha value is -2.58. The molecule has 2 atom stereocenters. The van der Waals surface area contributed by atoms with E-state index in [1.807, 2.05) is 6.07 Å². The molecular formula is C27H32N2O3. The first kappa shape index (κ1) is 21.3. The average Bonchev–Trinajstić information content (AvgIpc) is 3.01. The highest BCUT2D eigenvalue weighted by molar-refractivity contribution is 5.90. The lowest BCUT2D eigenvalue weighted by atomic mass is 9.89. The summed E-state index contributed by atoms with van der Waals surface area (Å²) in [7, 11) is 0. The maximum atomic E-state index is 11.5. The van der Waals surface area contributed by atoms with Gasteiger partial charge in [-0.1, -0.05) is 25.1 Å². The number of aliphatic carboxylic acids is 1. The van der Waals surface area contributed by atoms with Gasteiger partial charge in [0, 0.05) is 24.0 Å². The monoisotopic (exact) mass is 432 g/mol. The molecule has 0 aromatic heterocycles. The van der Waals surface area contributed by atoms with E-state index in [0.29, 0.717) is 23.4 Å². The van der Waals surface area contributed by atoms with Crippen molar-refractivity contribution in [3.05, 3.63) is 41.5 Å². The minimum Gasteiger partial charge on any atom is -0.489 e. The Balaban J connectivity index is 1.37. The molecule has 168 valence electrons. The molecule has 2 heterocycles. The molecule has 3 aliphatic rings. The van der Waals surface area contributed by atoms with Crippen LogP contribution in [0.2, 0.25) is 0 Å². The van der Waals surface area contributed by atoms with Gasteiger partial charge in [-0.25, -0.2) is 0 Å². The fourth-order valence-corrected chi connectivity index (χ4v) is 6.13. The number of hydrogen-bond acceptors (Lipinski definition) is 4. The Morgan fingerprint density at radius 2 is 1.78 bits per heavy atom. The van der Waals surface area contributed by atoms with E-state index >= 15 is 0 Å². The van der Waals surface area contributed by atoms with Gasteiger partial charge in [0.25, 0.3) is 0 Å². The van der Waals surface area contributed by atoms with Crippen LogP contribution < -0.4 is 4.74 Å². The van der Waals surface area contributed by atoms with E-state index in [-0.39, 0.29) is 12.0 Å². The molecule has 2 saturated heterocycles. The zero-order valence-electron chi connectivity index (χ0n) is 18.8. The van der Waals surface area contributed by atoms with Crippen LogP contribution in [-0.2, 0) is 11.3 Å². The molecule has 5 nitrogen and oxygen atoms in total. The second-order valence-electron chi connectivity index (χ2n) is 10.2. The van der Waals surface area contributed by atoms with Crippen molar-refractivity contribution in [2.45, 2.75) is 83.0 Å². The first-order chi connectivity index (χ1) is 15.5. The summed E-state index contributed by atoms with van der Waals surface area (Å²) in [6.07, 6.45) is 8.36. The summed E-state index contributed by atoms with van der Waals surface area (Å²) in [6, 6.07) is 13.5. The molecule has 2 aromatic rings. The largest absolute Gasteiger partial charge is 0.489 e. The van der Waals surface area contributed by atoms with Crippen LogP contribution in [0.1, 0.15) is 69.4 Å².